The number of hydrogen-bond donors (Lipinski definition) is 3. The Balaban J connectivity index is 1.72. The summed E-state index contributed by atoms with van der Waals surface area (Å²) in [5.41, 5.74) is 6.04. The molecule has 1 aromatic heterocycles. The fraction of sp³-hybridized carbons (Fsp3) is 0.600. The summed E-state index contributed by atoms with van der Waals surface area (Å²) in [6, 6.07) is -0.0128. The van der Waals surface area contributed by atoms with Crippen LogP contribution in [0.3, 0.4) is 0 Å². The SMILES string of the molecule is CCn1ccnc1C(=O)NC1CCCCC([SH](C)(=O)C2=CC=CC(N)C2)C1. The predicted molar refractivity (Wildman–Crippen MR) is 111 cm³/mol. The monoisotopic (exact) mass is 392 g/mol. The van der Waals surface area contributed by atoms with Gasteiger partial charge in [0.1, 0.15) is 0 Å². The second kappa shape index (κ2) is 8.52. The number of aryl methyl sites for hydroxylation is 1. The molecule has 1 amide bonds. The Morgan fingerprint density at radius 1 is 1.41 bits per heavy atom. The first-order chi connectivity index (χ1) is 12.9. The number of nitrogens with one attached hydrogen (secondary N) is 1. The highest BCUT2D eigenvalue weighted by Crippen LogP contribution is 2.34. The molecular formula is C20H32N4O2S. The molecule has 0 spiro atoms. The molecule has 1 saturated carbocycles. The van der Waals surface area contributed by atoms with E-state index in [0.717, 1.165) is 37.0 Å². The molecule has 3 atom stereocenters. The van der Waals surface area contributed by atoms with E-state index in [2.05, 4.69) is 10.3 Å². The van der Waals surface area contributed by atoms with E-state index >= 15 is 0 Å². The molecule has 3 rings (SSSR count). The Bertz CT molecular complexity index is 783. The molecular weight excluding hydrogens is 360 g/mol. The van der Waals surface area contributed by atoms with Gasteiger partial charge in [-0.2, -0.15) is 0 Å². The van der Waals surface area contributed by atoms with E-state index in [1.54, 1.807) is 6.20 Å². The van der Waals surface area contributed by atoms with Crippen LogP contribution in [0.25, 0.3) is 0 Å². The van der Waals surface area contributed by atoms with Crippen LogP contribution in [0.4, 0.5) is 0 Å². The minimum absolute atomic E-state index is 0.0358. The zero-order valence-electron chi connectivity index (χ0n) is 16.3. The van der Waals surface area contributed by atoms with Crippen molar-refractivity contribution in [1.29, 1.82) is 0 Å². The highest BCUT2D eigenvalue weighted by molar-refractivity contribution is 8.06. The maximum absolute atomic E-state index is 13.7. The van der Waals surface area contributed by atoms with Gasteiger partial charge in [-0.3, -0.25) is 9.00 Å². The predicted octanol–water partition coefficient (Wildman–Crippen LogP) is 2.15. The third-order valence-corrected chi connectivity index (χ3v) is 9.18. The highest BCUT2D eigenvalue weighted by Gasteiger charge is 2.32. The number of amides is 1. The van der Waals surface area contributed by atoms with E-state index in [4.69, 9.17) is 5.73 Å². The Labute approximate surface area is 162 Å². The van der Waals surface area contributed by atoms with Crippen LogP contribution < -0.4 is 11.1 Å². The van der Waals surface area contributed by atoms with Crippen LogP contribution >= 0.6 is 0 Å². The smallest absolute Gasteiger partial charge is 0.287 e. The van der Waals surface area contributed by atoms with E-state index in [1.165, 1.54) is 0 Å². The molecule has 1 heterocycles. The highest BCUT2D eigenvalue weighted by atomic mass is 32.2. The van der Waals surface area contributed by atoms with Crippen LogP contribution in [0, 0.1) is 0 Å². The first-order valence-electron chi connectivity index (χ1n) is 9.94. The van der Waals surface area contributed by atoms with Crippen LogP contribution in [-0.2, 0) is 16.5 Å². The number of imidazole rings is 1. The van der Waals surface area contributed by atoms with E-state index in [0.29, 0.717) is 18.8 Å². The third kappa shape index (κ3) is 4.58. The van der Waals surface area contributed by atoms with Crippen LogP contribution in [0.15, 0.2) is 35.5 Å². The minimum Gasteiger partial charge on any atom is -0.347 e. The van der Waals surface area contributed by atoms with Crippen molar-refractivity contribution >= 4 is 15.8 Å². The van der Waals surface area contributed by atoms with Gasteiger partial charge in [0.05, 0.1) is 0 Å². The number of allylic oxidation sites excluding steroid dienone is 2. The van der Waals surface area contributed by atoms with E-state index in [9.17, 15) is 9.00 Å². The molecule has 27 heavy (non-hydrogen) atoms. The molecule has 6 nitrogen and oxygen atoms in total. The average Bonchev–Trinajstić information content (AvgIpc) is 3.00. The molecule has 0 bridgehead atoms. The first kappa shape index (κ1) is 20.0. The molecule has 1 aromatic rings. The zero-order valence-corrected chi connectivity index (χ0v) is 17.2. The van der Waals surface area contributed by atoms with Crippen molar-refractivity contribution in [3.05, 3.63) is 41.4 Å². The largest absolute Gasteiger partial charge is 0.347 e. The standard InChI is InChI=1S/C20H32N4O2S/c1-3-24-12-11-22-19(24)20(25)23-16-8-4-5-9-18(14-16)27(2,26)17-10-6-7-15(21)13-17/h6-7,10-12,15-16,18,27H,3-5,8-9,13-14,21H2,1-2H3,(H,23,25). The number of nitrogens with zero attached hydrogens (tertiary/aromatic N) is 2. The fourth-order valence-electron chi connectivity index (χ4n) is 4.19. The van der Waals surface area contributed by atoms with Crippen molar-refractivity contribution in [2.45, 2.75) is 69.3 Å². The summed E-state index contributed by atoms with van der Waals surface area (Å²) in [6.07, 6.45) is 16.6. The number of hydrogen-bond acceptors (Lipinski definition) is 4. The van der Waals surface area contributed by atoms with Gasteiger partial charge in [-0.1, -0.05) is 41.0 Å². The van der Waals surface area contributed by atoms with Gasteiger partial charge in [0.15, 0.2) is 5.82 Å². The number of rotatable bonds is 5. The maximum atomic E-state index is 13.7. The molecule has 1 fully saturated rings. The van der Waals surface area contributed by atoms with Crippen LogP contribution in [0.2, 0.25) is 0 Å². The summed E-state index contributed by atoms with van der Waals surface area (Å²) in [4.78, 5) is 17.9. The Kier molecular flexibility index (Phi) is 6.32. The molecule has 0 aliphatic heterocycles. The quantitative estimate of drug-likeness (QED) is 0.529. The number of thiol groups is 1. The van der Waals surface area contributed by atoms with Crippen LogP contribution in [0.5, 0.6) is 0 Å². The lowest BCUT2D eigenvalue weighted by Crippen LogP contribution is -2.41. The van der Waals surface area contributed by atoms with E-state index in [-0.39, 0.29) is 23.2 Å². The van der Waals surface area contributed by atoms with Gasteiger partial charge in [0, 0.05) is 36.3 Å². The number of carbonyl (C=O) groups excluding carboxylic acids is 1. The van der Waals surface area contributed by atoms with Crippen molar-refractivity contribution < 1.29 is 9.00 Å². The molecule has 0 saturated heterocycles. The molecule has 0 radical (unpaired) electrons. The number of nitrogens with two attached hydrogens (primary N) is 1. The zero-order chi connectivity index (χ0) is 19.4. The lowest BCUT2D eigenvalue weighted by molar-refractivity contribution is 0.0918. The summed E-state index contributed by atoms with van der Waals surface area (Å²) >= 11 is 0. The first-order valence-corrected chi connectivity index (χ1v) is 12.2. The minimum atomic E-state index is -2.51. The van der Waals surface area contributed by atoms with Crippen LogP contribution in [0.1, 0.15) is 56.1 Å². The van der Waals surface area contributed by atoms with Crippen molar-refractivity contribution in [3.8, 4) is 0 Å². The Morgan fingerprint density at radius 2 is 2.19 bits per heavy atom. The van der Waals surface area contributed by atoms with Crippen molar-refractivity contribution in [3.63, 3.8) is 0 Å². The summed E-state index contributed by atoms with van der Waals surface area (Å²) in [5.74, 6) is 0.310. The second-order valence-electron chi connectivity index (χ2n) is 7.78. The topological polar surface area (TPSA) is 90.0 Å². The van der Waals surface area contributed by atoms with Gasteiger partial charge in [-0.05, 0) is 43.8 Å². The Hall–Kier alpha value is -1.73. The summed E-state index contributed by atoms with van der Waals surface area (Å²) in [7, 11) is -2.51. The normalized spacial score (nSPS) is 26.9. The lowest BCUT2D eigenvalue weighted by Gasteiger charge is -2.34. The average molecular weight is 393 g/mol. The number of carbonyl (C=O) groups is 1. The Morgan fingerprint density at radius 3 is 2.93 bits per heavy atom. The van der Waals surface area contributed by atoms with Gasteiger partial charge in [-0.25, -0.2) is 4.98 Å². The van der Waals surface area contributed by atoms with Gasteiger partial charge < -0.3 is 15.6 Å². The van der Waals surface area contributed by atoms with Gasteiger partial charge in [0.2, 0.25) is 0 Å². The molecule has 2 aliphatic rings. The third-order valence-electron chi connectivity index (χ3n) is 5.85. The van der Waals surface area contributed by atoms with Crippen molar-refractivity contribution in [1.82, 2.24) is 14.9 Å². The molecule has 0 aromatic carbocycles. The fourth-order valence-corrected chi connectivity index (χ4v) is 6.94. The second-order valence-corrected chi connectivity index (χ2v) is 11.1. The maximum Gasteiger partial charge on any atom is 0.287 e. The lowest BCUT2D eigenvalue weighted by atomic mass is 10.1. The van der Waals surface area contributed by atoms with Crippen molar-refractivity contribution in [2.24, 2.45) is 5.73 Å². The van der Waals surface area contributed by atoms with E-state index in [1.807, 2.05) is 42.2 Å². The van der Waals surface area contributed by atoms with Crippen LogP contribution in [-0.4, -0.2) is 43.3 Å². The number of aromatic nitrogens is 2. The van der Waals surface area contributed by atoms with Gasteiger partial charge in [0.25, 0.3) is 5.91 Å². The van der Waals surface area contributed by atoms with Gasteiger partial charge in [-0.15, -0.1) is 0 Å². The van der Waals surface area contributed by atoms with Gasteiger partial charge >= 0.3 is 0 Å². The summed E-state index contributed by atoms with van der Waals surface area (Å²) < 4.78 is 15.5. The summed E-state index contributed by atoms with van der Waals surface area (Å²) in [5, 5.41) is 3.25. The summed E-state index contributed by atoms with van der Waals surface area (Å²) in [6.45, 7) is 2.70. The molecule has 2 aliphatic carbocycles. The molecule has 150 valence electrons. The molecule has 3 N–H and O–H groups in total. The van der Waals surface area contributed by atoms with Crippen molar-refractivity contribution in [2.75, 3.05) is 6.26 Å². The molecule has 3 unspecified atom stereocenters. The molecule has 7 heteroatoms. The van der Waals surface area contributed by atoms with E-state index < -0.39 is 9.93 Å².